The van der Waals surface area contributed by atoms with Crippen LogP contribution in [0.15, 0.2) is 30.3 Å². The number of hydrogen-bond donors (Lipinski definition) is 1. The Hall–Kier alpha value is -2.09. The van der Waals surface area contributed by atoms with Crippen molar-refractivity contribution < 1.29 is 22.8 Å². The maximum absolute atomic E-state index is 12.8. The lowest BCUT2D eigenvalue weighted by Gasteiger charge is -2.30. The second-order valence-electron chi connectivity index (χ2n) is 7.49. The van der Waals surface area contributed by atoms with Crippen LogP contribution < -0.4 is 5.32 Å². The summed E-state index contributed by atoms with van der Waals surface area (Å²) in [5, 5.41) is 2.82. The van der Waals surface area contributed by atoms with Gasteiger partial charge in [0.2, 0.25) is 5.91 Å². The number of alkyl halides is 3. The third kappa shape index (κ3) is 5.04. The first-order valence-electron chi connectivity index (χ1n) is 9.80. The van der Waals surface area contributed by atoms with Gasteiger partial charge in [0.1, 0.15) is 6.04 Å². The number of rotatable bonds is 6. The van der Waals surface area contributed by atoms with E-state index in [4.69, 9.17) is 0 Å². The third-order valence-corrected chi connectivity index (χ3v) is 5.54. The molecule has 2 aliphatic heterocycles. The van der Waals surface area contributed by atoms with Gasteiger partial charge in [0.05, 0.1) is 0 Å². The van der Waals surface area contributed by atoms with Crippen molar-refractivity contribution in [1.29, 1.82) is 0 Å². The second-order valence-corrected chi connectivity index (χ2v) is 7.49. The van der Waals surface area contributed by atoms with Crippen molar-refractivity contribution in [3.63, 3.8) is 0 Å². The van der Waals surface area contributed by atoms with Gasteiger partial charge in [-0.05, 0) is 50.8 Å². The third-order valence-electron chi connectivity index (χ3n) is 5.54. The molecule has 0 radical (unpaired) electrons. The van der Waals surface area contributed by atoms with Gasteiger partial charge in [-0.1, -0.05) is 30.3 Å². The van der Waals surface area contributed by atoms with Gasteiger partial charge < -0.3 is 10.2 Å². The highest BCUT2D eigenvalue weighted by atomic mass is 19.4. The number of benzene rings is 1. The molecule has 1 aromatic carbocycles. The first kappa shape index (κ1) is 20.6. The molecule has 2 heterocycles. The van der Waals surface area contributed by atoms with E-state index in [2.05, 4.69) is 10.2 Å². The van der Waals surface area contributed by atoms with E-state index in [9.17, 15) is 22.8 Å². The summed E-state index contributed by atoms with van der Waals surface area (Å²) >= 11 is 0. The lowest BCUT2D eigenvalue weighted by Crippen LogP contribution is -2.52. The van der Waals surface area contributed by atoms with Gasteiger partial charge in [-0.15, -0.1) is 0 Å². The van der Waals surface area contributed by atoms with Crippen LogP contribution in [0.3, 0.4) is 0 Å². The summed E-state index contributed by atoms with van der Waals surface area (Å²) in [5.41, 5.74) is 1.16. The molecule has 2 saturated heterocycles. The van der Waals surface area contributed by atoms with Crippen LogP contribution in [0, 0.1) is 0 Å². The smallest absolute Gasteiger partial charge is 0.353 e. The number of amides is 2. The number of nitrogens with one attached hydrogen (secondary N) is 1. The van der Waals surface area contributed by atoms with Gasteiger partial charge >= 0.3 is 12.1 Å². The molecule has 0 bridgehead atoms. The summed E-state index contributed by atoms with van der Waals surface area (Å²) in [7, 11) is 0. The molecule has 154 valence electrons. The number of hydrogen-bond acceptors (Lipinski definition) is 3. The van der Waals surface area contributed by atoms with Crippen LogP contribution in [0.25, 0.3) is 0 Å². The van der Waals surface area contributed by atoms with Gasteiger partial charge in [0, 0.05) is 19.1 Å². The van der Waals surface area contributed by atoms with E-state index in [1.165, 1.54) is 0 Å². The van der Waals surface area contributed by atoms with Crippen molar-refractivity contribution in [3.05, 3.63) is 35.9 Å². The molecule has 0 spiro atoms. The Morgan fingerprint density at radius 1 is 1.07 bits per heavy atom. The first-order valence-corrected chi connectivity index (χ1v) is 9.80. The maximum atomic E-state index is 12.8. The van der Waals surface area contributed by atoms with Crippen LogP contribution in [-0.2, 0) is 16.0 Å². The monoisotopic (exact) mass is 397 g/mol. The number of carbonyl (C=O) groups excluding carboxylic acids is 2. The van der Waals surface area contributed by atoms with E-state index >= 15 is 0 Å². The topological polar surface area (TPSA) is 52.7 Å². The minimum Gasteiger partial charge on any atom is -0.353 e. The van der Waals surface area contributed by atoms with Crippen LogP contribution in [0.1, 0.15) is 31.2 Å². The molecule has 2 amide bonds. The molecular formula is C20H26F3N3O2. The van der Waals surface area contributed by atoms with Gasteiger partial charge in [0.25, 0.3) is 0 Å². The fourth-order valence-corrected chi connectivity index (χ4v) is 4.10. The first-order chi connectivity index (χ1) is 13.4. The molecule has 0 aliphatic carbocycles. The molecule has 2 aliphatic rings. The predicted molar refractivity (Wildman–Crippen MR) is 98.5 cm³/mol. The van der Waals surface area contributed by atoms with Crippen molar-refractivity contribution in [2.45, 2.75) is 50.4 Å². The van der Waals surface area contributed by atoms with Gasteiger partial charge in [-0.25, -0.2) is 0 Å². The molecule has 5 nitrogen and oxygen atoms in total. The highest BCUT2D eigenvalue weighted by molar-refractivity contribution is 5.90. The molecular weight excluding hydrogens is 371 g/mol. The van der Waals surface area contributed by atoms with E-state index in [1.807, 2.05) is 30.3 Å². The molecule has 1 aromatic rings. The van der Waals surface area contributed by atoms with E-state index < -0.39 is 24.0 Å². The summed E-state index contributed by atoms with van der Waals surface area (Å²) < 4.78 is 38.3. The molecule has 2 atom stereocenters. The van der Waals surface area contributed by atoms with Crippen LogP contribution >= 0.6 is 0 Å². The quantitative estimate of drug-likeness (QED) is 0.802. The molecule has 0 saturated carbocycles. The molecule has 2 unspecified atom stereocenters. The normalized spacial score (nSPS) is 21.7. The van der Waals surface area contributed by atoms with Crippen molar-refractivity contribution in [2.75, 3.05) is 26.2 Å². The standard InChI is InChI=1S/C20H26F3N3O2/c21-20(22,23)19(28)26-12-6-9-17(26)18(27)24-14-16(25-10-4-5-11-25)13-15-7-2-1-3-8-15/h1-3,7-8,16-17H,4-6,9-14H2,(H,24,27). The zero-order valence-corrected chi connectivity index (χ0v) is 15.8. The Morgan fingerprint density at radius 3 is 2.39 bits per heavy atom. The minimum atomic E-state index is -4.95. The zero-order valence-electron chi connectivity index (χ0n) is 15.8. The number of nitrogens with zero attached hydrogens (tertiary/aromatic N) is 2. The molecule has 28 heavy (non-hydrogen) atoms. The van der Waals surface area contributed by atoms with Crippen molar-refractivity contribution in [3.8, 4) is 0 Å². The Balaban J connectivity index is 1.62. The zero-order chi connectivity index (χ0) is 20.1. The van der Waals surface area contributed by atoms with Crippen LogP contribution in [-0.4, -0.2) is 66.1 Å². The highest BCUT2D eigenvalue weighted by Gasteiger charge is 2.47. The number of likely N-dealkylation sites (tertiary alicyclic amines) is 2. The van der Waals surface area contributed by atoms with Crippen molar-refractivity contribution >= 4 is 11.8 Å². The van der Waals surface area contributed by atoms with Gasteiger partial charge in [-0.3, -0.25) is 14.5 Å². The summed E-state index contributed by atoms with van der Waals surface area (Å²) in [4.78, 5) is 27.1. The summed E-state index contributed by atoms with van der Waals surface area (Å²) in [6.45, 7) is 2.24. The van der Waals surface area contributed by atoms with E-state index in [0.717, 1.165) is 37.9 Å². The maximum Gasteiger partial charge on any atom is 0.471 e. The fourth-order valence-electron chi connectivity index (χ4n) is 4.10. The van der Waals surface area contributed by atoms with Gasteiger partial charge in [-0.2, -0.15) is 13.2 Å². The molecule has 1 N–H and O–H groups in total. The SMILES string of the molecule is O=C(NCC(Cc1ccccc1)N1CCCC1)C1CCCN1C(=O)C(F)(F)F. The van der Waals surface area contributed by atoms with Crippen molar-refractivity contribution in [2.24, 2.45) is 0 Å². The van der Waals surface area contributed by atoms with Crippen molar-refractivity contribution in [1.82, 2.24) is 15.1 Å². The second kappa shape index (κ2) is 8.94. The molecule has 2 fully saturated rings. The van der Waals surface area contributed by atoms with E-state index in [1.54, 1.807) is 0 Å². The molecule has 3 rings (SSSR count). The van der Waals surface area contributed by atoms with E-state index in [-0.39, 0.29) is 19.0 Å². The number of halogens is 3. The highest BCUT2D eigenvalue weighted by Crippen LogP contribution is 2.26. The summed E-state index contributed by atoms with van der Waals surface area (Å²) in [6, 6.07) is 8.99. The van der Waals surface area contributed by atoms with Gasteiger partial charge in [0.15, 0.2) is 0 Å². The molecule has 8 heteroatoms. The summed E-state index contributed by atoms with van der Waals surface area (Å²) in [6.07, 6.45) is -1.31. The average molecular weight is 397 g/mol. The average Bonchev–Trinajstić information content (AvgIpc) is 3.36. The fraction of sp³-hybridized carbons (Fsp3) is 0.600. The summed E-state index contributed by atoms with van der Waals surface area (Å²) in [5.74, 6) is -2.42. The predicted octanol–water partition coefficient (Wildman–Crippen LogP) is 2.36. The Labute approximate surface area is 162 Å². The van der Waals surface area contributed by atoms with Crippen LogP contribution in [0.4, 0.5) is 13.2 Å². The Kier molecular flexibility index (Phi) is 6.59. The lowest BCUT2D eigenvalue weighted by molar-refractivity contribution is -0.186. The van der Waals surface area contributed by atoms with Crippen LogP contribution in [0.5, 0.6) is 0 Å². The number of carbonyl (C=O) groups is 2. The Morgan fingerprint density at radius 2 is 1.75 bits per heavy atom. The van der Waals surface area contributed by atoms with E-state index in [0.29, 0.717) is 17.9 Å². The van der Waals surface area contributed by atoms with Crippen LogP contribution in [0.2, 0.25) is 0 Å². The Bertz CT molecular complexity index is 675. The molecule has 0 aromatic heterocycles. The minimum absolute atomic E-state index is 0.0317. The lowest BCUT2D eigenvalue weighted by atomic mass is 10.0. The largest absolute Gasteiger partial charge is 0.471 e.